The van der Waals surface area contributed by atoms with Gasteiger partial charge < -0.3 is 34.8 Å². The third-order valence-corrected chi connectivity index (χ3v) is 10.7. The van der Waals surface area contributed by atoms with Crippen molar-refractivity contribution in [2.45, 2.75) is 76.5 Å². The smallest absolute Gasteiger partial charge is 0.251 e. The van der Waals surface area contributed by atoms with E-state index in [4.69, 9.17) is 14.5 Å². The van der Waals surface area contributed by atoms with Gasteiger partial charge in [0.25, 0.3) is 5.91 Å². The number of likely N-dealkylation sites (N-methyl/N-ethyl adjacent to an activating group) is 1. The van der Waals surface area contributed by atoms with Gasteiger partial charge >= 0.3 is 0 Å². The first-order valence-electron chi connectivity index (χ1n) is 17.7. The number of carbonyl (C=O) groups excluding carboxylic acids is 2. The lowest BCUT2D eigenvalue weighted by Gasteiger charge is -2.43. The molecule has 2 N–H and O–H groups in total. The summed E-state index contributed by atoms with van der Waals surface area (Å²) in [5.41, 5.74) is 2.96. The van der Waals surface area contributed by atoms with E-state index in [0.29, 0.717) is 42.9 Å². The topological polar surface area (TPSA) is 115 Å². The van der Waals surface area contributed by atoms with Crippen LogP contribution in [0.4, 0.5) is 23.1 Å². The standard InChI is InChI=1S/C35H50N8O4/c1-4-29-34(45)40(2)30-20-37-35(39-32(30)43(29)24-7-5-6-8-24)38-28-12-11-27(26-13-18-47-31(26)28)33(44)36-19-25(46-3)22-42-16-14-41(15-17-42)21-23-9-10-23/h11-12,20,23-25,29H,4-10,13-19,21-22H2,1-3H3,(H,36,44)(H,37,38,39)/t25-,29?/m0/s1. The second kappa shape index (κ2) is 13.9. The number of nitrogens with one attached hydrogen (secondary N) is 2. The number of rotatable bonds is 12. The number of piperazine rings is 1. The molecule has 254 valence electrons. The van der Waals surface area contributed by atoms with E-state index >= 15 is 0 Å². The van der Waals surface area contributed by atoms with Crippen LogP contribution in [0.15, 0.2) is 18.3 Å². The third kappa shape index (κ3) is 6.77. The molecule has 2 atom stereocenters. The molecule has 7 rings (SSSR count). The van der Waals surface area contributed by atoms with Crippen LogP contribution < -0.4 is 25.2 Å². The molecule has 0 radical (unpaired) electrons. The molecule has 0 spiro atoms. The summed E-state index contributed by atoms with van der Waals surface area (Å²) in [5, 5.41) is 6.50. The number of ether oxygens (including phenoxy) is 2. The zero-order valence-corrected chi connectivity index (χ0v) is 28.2. The molecular formula is C35H50N8O4. The SMILES string of the molecule is CCC1C(=O)N(C)c2cnc(Nc3ccc(C(=O)NC[C@@H](CN4CCN(CC5CC5)CC4)OC)c4c3OCC4)nc2N1C1CCCC1. The summed E-state index contributed by atoms with van der Waals surface area (Å²) in [6.45, 7) is 9.37. The Hall–Kier alpha value is -3.48. The van der Waals surface area contributed by atoms with Crippen molar-refractivity contribution in [1.82, 2.24) is 25.1 Å². The molecule has 3 fully saturated rings. The Morgan fingerprint density at radius 3 is 2.60 bits per heavy atom. The number of anilines is 4. The third-order valence-electron chi connectivity index (χ3n) is 10.7. The lowest BCUT2D eigenvalue weighted by atomic mass is 10.0. The fourth-order valence-corrected chi connectivity index (χ4v) is 7.80. The highest BCUT2D eigenvalue weighted by Gasteiger charge is 2.41. The van der Waals surface area contributed by atoms with Gasteiger partial charge in [-0.3, -0.25) is 14.5 Å². The first kappa shape index (κ1) is 32.1. The number of nitrogens with zero attached hydrogens (tertiary/aromatic N) is 6. The Kier molecular flexibility index (Phi) is 9.51. The maximum atomic E-state index is 13.5. The van der Waals surface area contributed by atoms with E-state index in [0.717, 1.165) is 80.7 Å². The van der Waals surface area contributed by atoms with Gasteiger partial charge in [-0.25, -0.2) is 4.98 Å². The van der Waals surface area contributed by atoms with Gasteiger partial charge in [0.05, 0.1) is 24.6 Å². The fraction of sp³-hybridized carbons (Fsp3) is 0.657. The van der Waals surface area contributed by atoms with Crippen LogP contribution in [0.5, 0.6) is 5.75 Å². The first-order chi connectivity index (χ1) is 22.9. The quantitative estimate of drug-likeness (QED) is 0.356. The second-order valence-corrected chi connectivity index (χ2v) is 13.9. The molecule has 12 heteroatoms. The summed E-state index contributed by atoms with van der Waals surface area (Å²) in [5.74, 6) is 2.80. The summed E-state index contributed by atoms with van der Waals surface area (Å²) >= 11 is 0. The molecule has 3 aliphatic heterocycles. The molecule has 0 bridgehead atoms. The van der Waals surface area contributed by atoms with Crippen molar-refractivity contribution in [3.63, 3.8) is 0 Å². The Morgan fingerprint density at radius 2 is 1.87 bits per heavy atom. The zero-order chi connectivity index (χ0) is 32.5. The van der Waals surface area contributed by atoms with Gasteiger partial charge in [-0.1, -0.05) is 19.8 Å². The molecule has 5 aliphatic rings. The number of carbonyl (C=O) groups is 2. The second-order valence-electron chi connectivity index (χ2n) is 13.9. The van der Waals surface area contributed by atoms with Gasteiger partial charge in [-0.05, 0) is 50.2 Å². The minimum atomic E-state index is -0.233. The molecule has 2 saturated carbocycles. The van der Waals surface area contributed by atoms with Gasteiger partial charge in [-0.15, -0.1) is 0 Å². The Bertz CT molecular complexity index is 1450. The van der Waals surface area contributed by atoms with Crippen LogP contribution in [0.2, 0.25) is 0 Å². The lowest BCUT2D eigenvalue weighted by molar-refractivity contribution is -0.120. The van der Waals surface area contributed by atoms with Crippen molar-refractivity contribution in [2.75, 3.05) is 81.7 Å². The predicted octanol–water partition coefficient (Wildman–Crippen LogP) is 3.43. The maximum Gasteiger partial charge on any atom is 0.251 e. The highest BCUT2D eigenvalue weighted by atomic mass is 16.5. The van der Waals surface area contributed by atoms with Gasteiger partial charge in [0.15, 0.2) is 5.82 Å². The van der Waals surface area contributed by atoms with Gasteiger partial charge in [0.1, 0.15) is 17.5 Å². The number of benzene rings is 1. The minimum absolute atomic E-state index is 0.0780. The number of hydrogen-bond acceptors (Lipinski definition) is 10. The molecule has 1 aromatic heterocycles. The van der Waals surface area contributed by atoms with Crippen molar-refractivity contribution in [3.05, 3.63) is 29.5 Å². The summed E-state index contributed by atoms with van der Waals surface area (Å²) in [7, 11) is 3.53. The van der Waals surface area contributed by atoms with E-state index in [9.17, 15) is 9.59 Å². The number of amides is 2. The van der Waals surface area contributed by atoms with Crippen molar-refractivity contribution in [2.24, 2.45) is 5.92 Å². The van der Waals surface area contributed by atoms with E-state index < -0.39 is 0 Å². The van der Waals surface area contributed by atoms with Crippen molar-refractivity contribution < 1.29 is 19.1 Å². The highest BCUT2D eigenvalue weighted by molar-refractivity contribution is 6.04. The number of aromatic nitrogens is 2. The monoisotopic (exact) mass is 646 g/mol. The van der Waals surface area contributed by atoms with Crippen molar-refractivity contribution in [3.8, 4) is 5.75 Å². The highest BCUT2D eigenvalue weighted by Crippen LogP contribution is 2.41. The van der Waals surface area contributed by atoms with Crippen LogP contribution in [0.25, 0.3) is 0 Å². The van der Waals surface area contributed by atoms with Gasteiger partial charge in [0, 0.05) is 83.6 Å². The molecule has 2 aromatic rings. The van der Waals surface area contributed by atoms with E-state index in [-0.39, 0.29) is 24.0 Å². The van der Waals surface area contributed by atoms with Gasteiger partial charge in [0.2, 0.25) is 11.9 Å². The zero-order valence-electron chi connectivity index (χ0n) is 28.2. The molecule has 1 aromatic carbocycles. The lowest BCUT2D eigenvalue weighted by Crippen LogP contribution is -2.55. The van der Waals surface area contributed by atoms with Crippen LogP contribution in [0, 0.1) is 5.92 Å². The van der Waals surface area contributed by atoms with Crippen molar-refractivity contribution >= 4 is 35.0 Å². The van der Waals surface area contributed by atoms with E-state index in [1.54, 1.807) is 18.2 Å². The molecule has 4 heterocycles. The molecule has 47 heavy (non-hydrogen) atoms. The number of fused-ring (bicyclic) bond motifs is 2. The van der Waals surface area contributed by atoms with Crippen LogP contribution in [0.3, 0.4) is 0 Å². The Balaban J connectivity index is 1.02. The predicted molar refractivity (Wildman–Crippen MR) is 182 cm³/mol. The minimum Gasteiger partial charge on any atom is -0.491 e. The van der Waals surface area contributed by atoms with Crippen LogP contribution in [0.1, 0.15) is 67.8 Å². The van der Waals surface area contributed by atoms with E-state index in [1.807, 2.05) is 19.2 Å². The molecule has 1 saturated heterocycles. The van der Waals surface area contributed by atoms with E-state index in [1.165, 1.54) is 32.2 Å². The summed E-state index contributed by atoms with van der Waals surface area (Å²) in [4.78, 5) is 45.3. The molecule has 1 unspecified atom stereocenters. The number of hydrogen-bond donors (Lipinski definition) is 2. The maximum absolute atomic E-state index is 13.5. The summed E-state index contributed by atoms with van der Waals surface area (Å²) in [6.07, 6.45) is 10.3. The normalized spacial score (nSPS) is 22.6. The van der Waals surface area contributed by atoms with E-state index in [2.05, 4.69) is 37.2 Å². The van der Waals surface area contributed by atoms with Crippen LogP contribution >= 0.6 is 0 Å². The van der Waals surface area contributed by atoms with Gasteiger partial charge in [-0.2, -0.15) is 4.98 Å². The molecule has 2 amide bonds. The largest absolute Gasteiger partial charge is 0.491 e. The fourth-order valence-electron chi connectivity index (χ4n) is 7.80. The summed E-state index contributed by atoms with van der Waals surface area (Å²) in [6, 6.07) is 3.79. The Morgan fingerprint density at radius 1 is 1.11 bits per heavy atom. The Labute approximate surface area is 278 Å². The average molecular weight is 647 g/mol. The summed E-state index contributed by atoms with van der Waals surface area (Å²) < 4.78 is 11.8. The molecule has 12 nitrogen and oxygen atoms in total. The number of methoxy groups -OCH3 is 1. The van der Waals surface area contributed by atoms with Crippen LogP contribution in [-0.2, 0) is 16.0 Å². The molecule has 2 aliphatic carbocycles. The average Bonchev–Trinajstić information content (AvgIpc) is 3.50. The van der Waals surface area contributed by atoms with Crippen molar-refractivity contribution in [1.29, 1.82) is 0 Å². The van der Waals surface area contributed by atoms with Crippen LogP contribution in [-0.4, -0.2) is 116 Å². The molecular weight excluding hydrogens is 596 g/mol. The first-order valence-corrected chi connectivity index (χ1v) is 17.7.